The van der Waals surface area contributed by atoms with Gasteiger partial charge < -0.3 is 10.6 Å². The summed E-state index contributed by atoms with van der Waals surface area (Å²) in [5, 5.41) is 9.96. The minimum absolute atomic E-state index is 0.120. The number of amides is 2. The van der Waals surface area contributed by atoms with Gasteiger partial charge in [-0.1, -0.05) is 31.4 Å². The Morgan fingerprint density at radius 1 is 1.19 bits per heavy atom. The number of benzene rings is 1. The SMILES string of the molecule is CNC(=O)C1(NC(=O)c2cccc(-c3nc(C)nn3C)c2)CCCCC1. The molecule has 1 fully saturated rings. The molecule has 7 heteroatoms. The highest BCUT2D eigenvalue weighted by atomic mass is 16.2. The maximum Gasteiger partial charge on any atom is 0.252 e. The Labute approximate surface area is 153 Å². The van der Waals surface area contributed by atoms with E-state index in [0.29, 0.717) is 30.1 Å². The van der Waals surface area contributed by atoms with Crippen molar-refractivity contribution < 1.29 is 9.59 Å². The molecule has 0 radical (unpaired) electrons. The smallest absolute Gasteiger partial charge is 0.252 e. The van der Waals surface area contributed by atoms with E-state index in [2.05, 4.69) is 20.7 Å². The van der Waals surface area contributed by atoms with Crippen molar-refractivity contribution in [2.45, 2.75) is 44.6 Å². The van der Waals surface area contributed by atoms with Gasteiger partial charge in [0.1, 0.15) is 11.4 Å². The zero-order valence-corrected chi connectivity index (χ0v) is 15.5. The summed E-state index contributed by atoms with van der Waals surface area (Å²) < 4.78 is 1.69. The molecule has 1 heterocycles. The number of nitrogens with one attached hydrogen (secondary N) is 2. The molecule has 2 aromatic rings. The topological polar surface area (TPSA) is 88.9 Å². The Morgan fingerprint density at radius 2 is 1.92 bits per heavy atom. The molecule has 7 nitrogen and oxygen atoms in total. The van der Waals surface area contributed by atoms with Crippen LogP contribution in [0.2, 0.25) is 0 Å². The molecule has 2 amide bonds. The first-order valence-electron chi connectivity index (χ1n) is 8.98. The maximum absolute atomic E-state index is 12.9. The molecule has 2 N–H and O–H groups in total. The predicted octanol–water partition coefficient (Wildman–Crippen LogP) is 1.97. The second kappa shape index (κ2) is 7.27. The van der Waals surface area contributed by atoms with Crippen molar-refractivity contribution in [2.24, 2.45) is 7.05 Å². The first kappa shape index (κ1) is 18.1. The zero-order chi connectivity index (χ0) is 18.7. The molecule has 1 aromatic carbocycles. The van der Waals surface area contributed by atoms with Crippen LogP contribution in [0, 0.1) is 6.92 Å². The average Bonchev–Trinajstić information content (AvgIpc) is 3.00. The Balaban J connectivity index is 1.86. The van der Waals surface area contributed by atoms with Crippen LogP contribution >= 0.6 is 0 Å². The molecule has 0 saturated heterocycles. The summed E-state index contributed by atoms with van der Waals surface area (Å²) in [7, 11) is 3.44. The van der Waals surface area contributed by atoms with Gasteiger partial charge in [0.25, 0.3) is 5.91 Å². The molecule has 138 valence electrons. The lowest BCUT2D eigenvalue weighted by molar-refractivity contribution is -0.128. The fourth-order valence-corrected chi connectivity index (χ4v) is 3.66. The molecular formula is C19H25N5O2. The number of rotatable bonds is 4. The van der Waals surface area contributed by atoms with Crippen molar-refractivity contribution >= 4 is 11.8 Å². The van der Waals surface area contributed by atoms with Crippen molar-refractivity contribution in [1.82, 2.24) is 25.4 Å². The van der Waals surface area contributed by atoms with Crippen molar-refractivity contribution in [2.75, 3.05) is 7.05 Å². The van der Waals surface area contributed by atoms with Gasteiger partial charge in [-0.2, -0.15) is 5.10 Å². The number of carbonyl (C=O) groups is 2. The Bertz CT molecular complexity index is 821. The van der Waals surface area contributed by atoms with E-state index in [1.165, 1.54) is 0 Å². The third kappa shape index (κ3) is 3.47. The van der Waals surface area contributed by atoms with Crippen molar-refractivity contribution in [1.29, 1.82) is 0 Å². The highest BCUT2D eigenvalue weighted by Crippen LogP contribution is 2.29. The maximum atomic E-state index is 12.9. The van der Waals surface area contributed by atoms with E-state index < -0.39 is 5.54 Å². The third-order valence-electron chi connectivity index (χ3n) is 4.97. The lowest BCUT2D eigenvalue weighted by atomic mass is 9.80. The van der Waals surface area contributed by atoms with Crippen LogP contribution in [0.15, 0.2) is 24.3 Å². The average molecular weight is 355 g/mol. The molecule has 0 bridgehead atoms. The molecule has 1 aliphatic rings. The normalized spacial score (nSPS) is 16.1. The van der Waals surface area contributed by atoms with E-state index in [9.17, 15) is 9.59 Å². The summed E-state index contributed by atoms with van der Waals surface area (Å²) >= 11 is 0. The number of aryl methyl sites for hydroxylation is 2. The summed E-state index contributed by atoms with van der Waals surface area (Å²) in [6, 6.07) is 7.26. The molecule has 26 heavy (non-hydrogen) atoms. The van der Waals surface area contributed by atoms with Crippen molar-refractivity contribution in [3.8, 4) is 11.4 Å². The second-order valence-corrected chi connectivity index (χ2v) is 6.86. The quantitative estimate of drug-likeness (QED) is 0.877. The van der Waals surface area contributed by atoms with Gasteiger partial charge in [0.15, 0.2) is 5.82 Å². The van der Waals surface area contributed by atoms with Crippen LogP contribution < -0.4 is 10.6 Å². The first-order valence-corrected chi connectivity index (χ1v) is 8.98. The van der Waals surface area contributed by atoms with Gasteiger partial charge in [-0.15, -0.1) is 0 Å². The lowest BCUT2D eigenvalue weighted by Crippen LogP contribution is -2.59. The van der Waals surface area contributed by atoms with Crippen LogP contribution in [0.3, 0.4) is 0 Å². The molecule has 1 saturated carbocycles. The molecule has 0 spiro atoms. The fraction of sp³-hybridized carbons (Fsp3) is 0.474. The largest absolute Gasteiger partial charge is 0.357 e. The Hall–Kier alpha value is -2.70. The molecule has 1 aromatic heterocycles. The van der Waals surface area contributed by atoms with Gasteiger partial charge in [-0.25, -0.2) is 9.67 Å². The molecule has 1 aliphatic carbocycles. The van der Waals surface area contributed by atoms with Crippen LogP contribution in [0.1, 0.15) is 48.3 Å². The number of hydrogen-bond donors (Lipinski definition) is 2. The van der Waals surface area contributed by atoms with Crippen LogP contribution in [-0.2, 0) is 11.8 Å². The van der Waals surface area contributed by atoms with Crippen LogP contribution in [0.25, 0.3) is 11.4 Å². The number of carbonyl (C=O) groups excluding carboxylic acids is 2. The zero-order valence-electron chi connectivity index (χ0n) is 15.5. The predicted molar refractivity (Wildman–Crippen MR) is 98.5 cm³/mol. The van der Waals surface area contributed by atoms with E-state index >= 15 is 0 Å². The first-order chi connectivity index (χ1) is 12.4. The standard InChI is InChI=1S/C19H25N5O2/c1-13-21-16(24(3)23-13)14-8-7-9-15(12-14)17(25)22-19(18(26)20-2)10-5-4-6-11-19/h7-9,12H,4-6,10-11H2,1-3H3,(H,20,26)(H,22,25). The summed E-state index contributed by atoms with van der Waals surface area (Å²) in [6.07, 6.45) is 4.30. The summed E-state index contributed by atoms with van der Waals surface area (Å²) in [4.78, 5) is 29.7. The molecule has 3 rings (SSSR count). The van der Waals surface area contributed by atoms with E-state index in [4.69, 9.17) is 0 Å². The third-order valence-corrected chi connectivity index (χ3v) is 4.97. The molecule has 0 unspecified atom stereocenters. The van der Waals surface area contributed by atoms with Gasteiger partial charge in [-0.05, 0) is 31.9 Å². The highest BCUT2D eigenvalue weighted by molar-refractivity contribution is 6.00. The van der Waals surface area contributed by atoms with E-state index in [1.807, 2.05) is 26.1 Å². The van der Waals surface area contributed by atoms with E-state index in [-0.39, 0.29) is 11.8 Å². The van der Waals surface area contributed by atoms with Gasteiger partial charge in [0.05, 0.1) is 0 Å². The minimum Gasteiger partial charge on any atom is -0.357 e. The number of nitrogens with zero attached hydrogens (tertiary/aromatic N) is 3. The number of aromatic nitrogens is 3. The van der Waals surface area contributed by atoms with Gasteiger partial charge in [0.2, 0.25) is 5.91 Å². The van der Waals surface area contributed by atoms with Crippen LogP contribution in [0.5, 0.6) is 0 Å². The van der Waals surface area contributed by atoms with E-state index in [1.54, 1.807) is 23.9 Å². The summed E-state index contributed by atoms with van der Waals surface area (Å²) in [5.41, 5.74) is 0.511. The van der Waals surface area contributed by atoms with Crippen molar-refractivity contribution in [3.05, 3.63) is 35.7 Å². The molecular weight excluding hydrogens is 330 g/mol. The lowest BCUT2D eigenvalue weighted by Gasteiger charge is -2.36. The second-order valence-electron chi connectivity index (χ2n) is 6.86. The van der Waals surface area contributed by atoms with Crippen molar-refractivity contribution in [3.63, 3.8) is 0 Å². The van der Waals surface area contributed by atoms with Crippen LogP contribution in [-0.4, -0.2) is 39.2 Å². The summed E-state index contributed by atoms with van der Waals surface area (Å²) in [6.45, 7) is 1.83. The van der Waals surface area contributed by atoms with Gasteiger partial charge in [0, 0.05) is 25.2 Å². The molecule has 0 atom stereocenters. The number of hydrogen-bond acceptors (Lipinski definition) is 4. The monoisotopic (exact) mass is 355 g/mol. The number of likely N-dealkylation sites (N-methyl/N-ethyl adjacent to an activating group) is 1. The fourth-order valence-electron chi connectivity index (χ4n) is 3.66. The summed E-state index contributed by atoms with van der Waals surface area (Å²) in [5.74, 6) is 1.02. The molecule has 0 aliphatic heterocycles. The van der Waals surface area contributed by atoms with Crippen LogP contribution in [0.4, 0.5) is 0 Å². The van der Waals surface area contributed by atoms with E-state index in [0.717, 1.165) is 24.8 Å². The van der Waals surface area contributed by atoms with Gasteiger partial charge in [-0.3, -0.25) is 9.59 Å². The Morgan fingerprint density at radius 3 is 2.54 bits per heavy atom. The minimum atomic E-state index is -0.818. The highest BCUT2D eigenvalue weighted by Gasteiger charge is 2.40. The van der Waals surface area contributed by atoms with Gasteiger partial charge >= 0.3 is 0 Å². The Kier molecular flexibility index (Phi) is 5.06.